The van der Waals surface area contributed by atoms with E-state index in [2.05, 4.69) is 21.8 Å². The number of hydrogen-bond acceptors (Lipinski definition) is 3. The van der Waals surface area contributed by atoms with Gasteiger partial charge in [0.05, 0.1) is 10.5 Å². The first-order valence-corrected chi connectivity index (χ1v) is 6.05. The van der Waals surface area contributed by atoms with E-state index in [0.29, 0.717) is 6.07 Å². The van der Waals surface area contributed by atoms with Crippen molar-refractivity contribution in [1.29, 1.82) is 0 Å². The van der Waals surface area contributed by atoms with Crippen LogP contribution in [-0.4, -0.2) is 8.42 Å². The molecule has 90 valence electrons. The van der Waals surface area contributed by atoms with Gasteiger partial charge in [-0.3, -0.25) is 5.84 Å². The van der Waals surface area contributed by atoms with E-state index in [0.717, 1.165) is 6.07 Å². The minimum Gasteiger partial charge on any atom is -0.257 e. The van der Waals surface area contributed by atoms with Crippen LogP contribution in [0.3, 0.4) is 0 Å². The number of nitrogens with one attached hydrogen (secondary N) is 1. The largest absolute Gasteiger partial charge is 0.417 e. The van der Waals surface area contributed by atoms with Gasteiger partial charge in [-0.1, -0.05) is 15.9 Å². The molecule has 9 heteroatoms. The number of rotatable bonds is 2. The lowest BCUT2D eigenvalue weighted by atomic mass is 10.2. The Kier molecular flexibility index (Phi) is 3.62. The summed E-state index contributed by atoms with van der Waals surface area (Å²) >= 11 is 2.83. The second-order valence-electron chi connectivity index (χ2n) is 2.76. The molecule has 1 aromatic carbocycles. The molecule has 0 fully saturated rings. The van der Waals surface area contributed by atoms with Crippen LogP contribution in [0.2, 0.25) is 0 Å². The highest BCUT2D eigenvalue weighted by Gasteiger charge is 2.37. The number of sulfonamides is 1. The highest BCUT2D eigenvalue weighted by Crippen LogP contribution is 2.35. The van der Waals surface area contributed by atoms with E-state index in [1.54, 1.807) is 0 Å². The maximum atomic E-state index is 12.5. The zero-order chi connectivity index (χ0) is 12.6. The summed E-state index contributed by atoms with van der Waals surface area (Å²) in [4.78, 5) is 0.435. The van der Waals surface area contributed by atoms with Crippen molar-refractivity contribution in [2.24, 2.45) is 5.84 Å². The van der Waals surface area contributed by atoms with Gasteiger partial charge >= 0.3 is 6.18 Å². The van der Waals surface area contributed by atoms with Crippen molar-refractivity contribution < 1.29 is 21.6 Å². The third-order valence-electron chi connectivity index (χ3n) is 1.69. The molecule has 1 aromatic rings. The number of hydrogen-bond donors (Lipinski definition) is 2. The molecule has 0 saturated carbocycles. The van der Waals surface area contributed by atoms with Crippen LogP contribution in [0.4, 0.5) is 13.2 Å². The van der Waals surface area contributed by atoms with Crippen LogP contribution in [0.25, 0.3) is 0 Å². The fourth-order valence-corrected chi connectivity index (χ4v) is 2.22. The Labute approximate surface area is 97.8 Å². The predicted octanol–water partition coefficient (Wildman–Crippen LogP) is 1.62. The molecule has 1 rings (SSSR count). The maximum absolute atomic E-state index is 12.5. The Bertz CT molecular complexity index is 501. The number of hydrazine groups is 1. The van der Waals surface area contributed by atoms with E-state index >= 15 is 0 Å². The second kappa shape index (κ2) is 4.32. The topological polar surface area (TPSA) is 72.2 Å². The third kappa shape index (κ3) is 2.73. The molecule has 0 aliphatic carbocycles. The molecule has 0 aromatic heterocycles. The monoisotopic (exact) mass is 318 g/mol. The third-order valence-corrected chi connectivity index (χ3v) is 3.43. The van der Waals surface area contributed by atoms with Gasteiger partial charge in [-0.15, -0.1) is 0 Å². The summed E-state index contributed by atoms with van der Waals surface area (Å²) in [5.41, 5.74) is -1.28. The van der Waals surface area contributed by atoms with Crippen LogP contribution in [-0.2, 0) is 16.2 Å². The molecule has 0 spiro atoms. The Morgan fingerprint density at radius 1 is 1.31 bits per heavy atom. The molecule has 0 atom stereocenters. The summed E-state index contributed by atoms with van der Waals surface area (Å²) in [5, 5.41) is 0. The summed E-state index contributed by atoms with van der Waals surface area (Å²) in [7, 11) is -4.34. The molecule has 4 nitrogen and oxygen atoms in total. The Hall–Kier alpha value is -0.640. The van der Waals surface area contributed by atoms with Crippen LogP contribution < -0.4 is 10.7 Å². The van der Waals surface area contributed by atoms with E-state index in [-0.39, 0.29) is 4.47 Å². The summed E-state index contributed by atoms with van der Waals surface area (Å²) in [5.74, 6) is 4.67. The van der Waals surface area contributed by atoms with Crippen LogP contribution >= 0.6 is 15.9 Å². The molecule has 0 amide bonds. The summed E-state index contributed by atoms with van der Waals surface area (Å²) in [6.07, 6.45) is -4.77. The molecule has 0 saturated heterocycles. The number of alkyl halides is 3. The zero-order valence-corrected chi connectivity index (χ0v) is 9.95. The molecule has 16 heavy (non-hydrogen) atoms. The second-order valence-corrected chi connectivity index (χ2v) is 5.36. The minimum absolute atomic E-state index is 0.121. The highest BCUT2D eigenvalue weighted by atomic mass is 79.9. The van der Waals surface area contributed by atoms with Crippen molar-refractivity contribution in [3.8, 4) is 0 Å². The SMILES string of the molecule is NNS(=O)(=O)c1ccc(Br)cc1C(F)(F)F. The highest BCUT2D eigenvalue weighted by molar-refractivity contribution is 9.10. The number of halogens is 4. The molecule has 0 bridgehead atoms. The van der Waals surface area contributed by atoms with Crippen LogP contribution in [0.1, 0.15) is 5.56 Å². The first-order chi connectivity index (χ1) is 7.18. The lowest BCUT2D eigenvalue weighted by Gasteiger charge is -2.12. The van der Waals surface area contributed by atoms with Gasteiger partial charge in [-0.2, -0.15) is 18.0 Å². The molecule has 0 aliphatic heterocycles. The van der Waals surface area contributed by atoms with Gasteiger partial charge < -0.3 is 0 Å². The van der Waals surface area contributed by atoms with Gasteiger partial charge in [-0.25, -0.2) is 8.42 Å². The van der Waals surface area contributed by atoms with E-state index in [4.69, 9.17) is 0 Å². The number of benzene rings is 1. The van der Waals surface area contributed by atoms with Crippen LogP contribution in [0, 0.1) is 0 Å². The average molecular weight is 319 g/mol. The predicted molar refractivity (Wildman–Crippen MR) is 53.7 cm³/mol. The average Bonchev–Trinajstić information content (AvgIpc) is 2.16. The lowest BCUT2D eigenvalue weighted by molar-refractivity contribution is -0.139. The summed E-state index contributed by atoms with van der Waals surface area (Å²) < 4.78 is 60.2. The van der Waals surface area contributed by atoms with Crippen LogP contribution in [0.15, 0.2) is 27.6 Å². The Morgan fingerprint density at radius 2 is 1.88 bits per heavy atom. The molecule has 0 aliphatic rings. The van der Waals surface area contributed by atoms with Crippen molar-refractivity contribution in [3.05, 3.63) is 28.2 Å². The van der Waals surface area contributed by atoms with Gasteiger partial charge in [0.15, 0.2) is 0 Å². The Morgan fingerprint density at radius 3 is 2.31 bits per heavy atom. The van der Waals surface area contributed by atoms with E-state index < -0.39 is 26.7 Å². The van der Waals surface area contributed by atoms with Crippen molar-refractivity contribution in [2.75, 3.05) is 0 Å². The van der Waals surface area contributed by atoms with Crippen LogP contribution in [0.5, 0.6) is 0 Å². The van der Waals surface area contributed by atoms with E-state index in [1.165, 1.54) is 10.9 Å². The normalized spacial score (nSPS) is 12.8. The molecule has 0 heterocycles. The minimum atomic E-state index is -4.77. The maximum Gasteiger partial charge on any atom is 0.417 e. The van der Waals surface area contributed by atoms with E-state index in [1.807, 2.05) is 0 Å². The molecular formula is C7H6BrF3N2O2S. The zero-order valence-electron chi connectivity index (χ0n) is 7.55. The van der Waals surface area contributed by atoms with Gasteiger partial charge in [0.2, 0.25) is 0 Å². The quantitative estimate of drug-likeness (QED) is 0.643. The fourth-order valence-electron chi connectivity index (χ4n) is 1.02. The van der Waals surface area contributed by atoms with Crippen molar-refractivity contribution in [1.82, 2.24) is 4.83 Å². The van der Waals surface area contributed by atoms with Crippen molar-refractivity contribution >= 4 is 26.0 Å². The lowest BCUT2D eigenvalue weighted by Crippen LogP contribution is -2.31. The van der Waals surface area contributed by atoms with Gasteiger partial charge in [-0.05, 0) is 18.2 Å². The standard InChI is InChI=1S/C7H6BrF3N2O2S/c8-4-1-2-6(16(14,15)13-12)5(3-4)7(9,10)11/h1-3,13H,12H2. The van der Waals surface area contributed by atoms with Gasteiger partial charge in [0, 0.05) is 4.47 Å². The smallest absolute Gasteiger partial charge is 0.257 e. The number of nitrogens with two attached hydrogens (primary N) is 1. The first kappa shape index (κ1) is 13.4. The molecule has 0 unspecified atom stereocenters. The molecular weight excluding hydrogens is 313 g/mol. The Balaban J connectivity index is 3.53. The van der Waals surface area contributed by atoms with E-state index in [9.17, 15) is 21.6 Å². The van der Waals surface area contributed by atoms with Crippen molar-refractivity contribution in [2.45, 2.75) is 11.1 Å². The molecule has 0 radical (unpaired) electrons. The van der Waals surface area contributed by atoms with Crippen molar-refractivity contribution in [3.63, 3.8) is 0 Å². The summed E-state index contributed by atoms with van der Waals surface area (Å²) in [6.45, 7) is 0. The molecule has 3 N–H and O–H groups in total. The fraction of sp³-hybridized carbons (Fsp3) is 0.143. The van der Waals surface area contributed by atoms with Gasteiger partial charge in [0.1, 0.15) is 0 Å². The first-order valence-electron chi connectivity index (χ1n) is 3.77. The summed E-state index contributed by atoms with van der Waals surface area (Å²) in [6, 6.07) is 2.67. The van der Waals surface area contributed by atoms with Gasteiger partial charge in [0.25, 0.3) is 10.0 Å².